The molecule has 1 rings (SSSR count). The number of aliphatic carboxylic acids is 1. The van der Waals surface area contributed by atoms with Gasteiger partial charge in [-0.2, -0.15) is 0 Å². The van der Waals surface area contributed by atoms with Crippen molar-refractivity contribution < 1.29 is 14.7 Å². The van der Waals surface area contributed by atoms with E-state index in [-0.39, 0.29) is 24.5 Å². The van der Waals surface area contributed by atoms with E-state index in [4.69, 9.17) is 5.11 Å². The number of nitrogens with zero attached hydrogens (tertiary/aromatic N) is 2. The van der Waals surface area contributed by atoms with Gasteiger partial charge in [0.15, 0.2) is 0 Å². The largest absolute Gasteiger partial charge is 0.481 e. The van der Waals surface area contributed by atoms with Crippen LogP contribution in [0.3, 0.4) is 0 Å². The number of carboxylic acid groups (broad SMARTS) is 1. The van der Waals surface area contributed by atoms with E-state index < -0.39 is 5.97 Å². The Morgan fingerprint density at radius 1 is 1.43 bits per heavy atom. The van der Waals surface area contributed by atoms with Crippen LogP contribution in [0.5, 0.6) is 0 Å². The summed E-state index contributed by atoms with van der Waals surface area (Å²) in [6.07, 6.45) is 2.69. The molecule has 0 fully saturated rings. The Hall–Kier alpha value is -1.63. The number of aryl methyl sites for hydroxylation is 1. The molecule has 2 amide bonds. The van der Waals surface area contributed by atoms with E-state index >= 15 is 0 Å². The Morgan fingerprint density at radius 2 is 2.10 bits per heavy atom. The third-order valence-corrected chi connectivity index (χ3v) is 4.56. The SMILES string of the molecule is CCc1cnc(C(C)NC(=O)N(CC)C(C)CC(=O)O)s1. The van der Waals surface area contributed by atoms with Crippen LogP contribution in [0.15, 0.2) is 6.20 Å². The van der Waals surface area contributed by atoms with Crippen molar-refractivity contribution in [2.24, 2.45) is 0 Å². The molecule has 0 saturated carbocycles. The molecule has 1 heterocycles. The lowest BCUT2D eigenvalue weighted by Crippen LogP contribution is -2.46. The first-order chi connectivity index (χ1) is 9.88. The third kappa shape index (κ3) is 5.00. The summed E-state index contributed by atoms with van der Waals surface area (Å²) in [5.74, 6) is -0.908. The second-order valence-corrected chi connectivity index (χ2v) is 6.07. The van der Waals surface area contributed by atoms with E-state index in [0.29, 0.717) is 6.54 Å². The summed E-state index contributed by atoms with van der Waals surface area (Å²) in [5, 5.41) is 12.6. The van der Waals surface area contributed by atoms with Gasteiger partial charge in [-0.05, 0) is 27.2 Å². The Kier molecular flexibility index (Phi) is 6.61. The Labute approximate surface area is 129 Å². The molecule has 1 aromatic rings. The number of urea groups is 1. The minimum atomic E-state index is -0.908. The van der Waals surface area contributed by atoms with Crippen molar-refractivity contribution in [3.05, 3.63) is 16.1 Å². The van der Waals surface area contributed by atoms with Gasteiger partial charge in [-0.15, -0.1) is 11.3 Å². The van der Waals surface area contributed by atoms with Gasteiger partial charge in [0.2, 0.25) is 0 Å². The van der Waals surface area contributed by atoms with Crippen LogP contribution in [0.2, 0.25) is 0 Å². The normalized spacial score (nSPS) is 13.5. The first kappa shape index (κ1) is 17.4. The lowest BCUT2D eigenvalue weighted by Gasteiger charge is -2.28. The van der Waals surface area contributed by atoms with Crippen molar-refractivity contribution in [1.82, 2.24) is 15.2 Å². The van der Waals surface area contributed by atoms with Crippen LogP contribution in [0, 0.1) is 0 Å². The fourth-order valence-corrected chi connectivity index (χ4v) is 2.89. The number of carbonyl (C=O) groups excluding carboxylic acids is 1. The minimum absolute atomic E-state index is 0.0626. The molecule has 0 saturated heterocycles. The van der Waals surface area contributed by atoms with Crippen LogP contribution < -0.4 is 5.32 Å². The number of carbonyl (C=O) groups is 2. The molecule has 2 N–H and O–H groups in total. The number of aromatic nitrogens is 1. The number of hydrogen-bond acceptors (Lipinski definition) is 4. The molecule has 0 bridgehead atoms. The number of rotatable bonds is 7. The van der Waals surface area contributed by atoms with Gasteiger partial charge in [-0.1, -0.05) is 6.92 Å². The van der Waals surface area contributed by atoms with E-state index in [1.54, 1.807) is 18.3 Å². The van der Waals surface area contributed by atoms with Crippen LogP contribution in [-0.4, -0.2) is 39.6 Å². The van der Waals surface area contributed by atoms with Gasteiger partial charge in [-0.25, -0.2) is 9.78 Å². The predicted octanol–water partition coefficient (Wildman–Crippen LogP) is 2.66. The summed E-state index contributed by atoms with van der Waals surface area (Å²) in [7, 11) is 0. The van der Waals surface area contributed by atoms with Crippen LogP contribution in [0.25, 0.3) is 0 Å². The Bertz CT molecular complexity index is 490. The second kappa shape index (κ2) is 7.97. The highest BCUT2D eigenvalue weighted by Crippen LogP contribution is 2.20. The maximum absolute atomic E-state index is 12.3. The molecule has 6 nitrogen and oxygen atoms in total. The van der Waals surface area contributed by atoms with Crippen molar-refractivity contribution >= 4 is 23.3 Å². The molecule has 0 aliphatic heterocycles. The standard InChI is InChI=1S/C14H23N3O3S/c1-5-11-8-15-13(21-11)10(4)16-14(20)17(6-2)9(3)7-12(18)19/h8-10H,5-7H2,1-4H3,(H,16,20)(H,18,19). The topological polar surface area (TPSA) is 82.5 Å². The van der Waals surface area contributed by atoms with Crippen LogP contribution in [0.4, 0.5) is 4.79 Å². The number of nitrogens with one attached hydrogen (secondary N) is 1. The highest BCUT2D eigenvalue weighted by atomic mass is 32.1. The van der Waals surface area contributed by atoms with E-state index in [0.717, 1.165) is 11.4 Å². The van der Waals surface area contributed by atoms with Crippen molar-refractivity contribution in [1.29, 1.82) is 0 Å². The van der Waals surface area contributed by atoms with Crippen LogP contribution in [-0.2, 0) is 11.2 Å². The van der Waals surface area contributed by atoms with Crippen molar-refractivity contribution in [3.8, 4) is 0 Å². The summed E-state index contributed by atoms with van der Waals surface area (Å²) in [5.41, 5.74) is 0. The zero-order valence-corrected chi connectivity index (χ0v) is 13.7. The summed E-state index contributed by atoms with van der Waals surface area (Å²) < 4.78 is 0. The molecule has 0 aliphatic carbocycles. The molecule has 0 aliphatic rings. The highest BCUT2D eigenvalue weighted by Gasteiger charge is 2.23. The second-order valence-electron chi connectivity index (χ2n) is 4.92. The lowest BCUT2D eigenvalue weighted by atomic mass is 10.2. The number of hydrogen-bond donors (Lipinski definition) is 2. The third-order valence-electron chi connectivity index (χ3n) is 3.23. The summed E-state index contributed by atoms with van der Waals surface area (Å²) in [6, 6.07) is -0.789. The van der Waals surface area contributed by atoms with E-state index in [9.17, 15) is 9.59 Å². The molecule has 118 valence electrons. The zero-order valence-electron chi connectivity index (χ0n) is 12.9. The first-order valence-electron chi connectivity index (χ1n) is 7.12. The zero-order chi connectivity index (χ0) is 16.0. The maximum atomic E-state index is 12.3. The summed E-state index contributed by atoms with van der Waals surface area (Å²) in [6.45, 7) is 7.98. The predicted molar refractivity (Wildman–Crippen MR) is 82.5 cm³/mol. The summed E-state index contributed by atoms with van der Waals surface area (Å²) in [4.78, 5) is 30.0. The molecule has 0 radical (unpaired) electrons. The Morgan fingerprint density at radius 3 is 2.57 bits per heavy atom. The molecule has 1 aromatic heterocycles. The first-order valence-corrected chi connectivity index (χ1v) is 7.94. The van der Waals surface area contributed by atoms with Crippen molar-refractivity contribution in [3.63, 3.8) is 0 Å². The Balaban J connectivity index is 2.66. The molecule has 0 aromatic carbocycles. The fourth-order valence-electron chi connectivity index (χ4n) is 2.03. The fraction of sp³-hybridized carbons (Fsp3) is 0.643. The van der Waals surface area contributed by atoms with Crippen molar-refractivity contribution in [2.45, 2.75) is 52.6 Å². The van der Waals surface area contributed by atoms with Gasteiger partial charge in [0, 0.05) is 23.7 Å². The van der Waals surface area contributed by atoms with E-state index in [1.165, 1.54) is 9.78 Å². The lowest BCUT2D eigenvalue weighted by molar-refractivity contribution is -0.138. The number of carboxylic acids is 1. The number of thiazole rings is 1. The molecular weight excluding hydrogens is 290 g/mol. The van der Waals surface area contributed by atoms with Crippen LogP contribution in [0.1, 0.15) is 50.0 Å². The monoisotopic (exact) mass is 313 g/mol. The molecule has 7 heteroatoms. The van der Waals surface area contributed by atoms with Gasteiger partial charge in [0.05, 0.1) is 12.5 Å². The summed E-state index contributed by atoms with van der Waals surface area (Å²) >= 11 is 1.58. The van der Waals surface area contributed by atoms with Gasteiger partial charge < -0.3 is 15.3 Å². The number of amides is 2. The van der Waals surface area contributed by atoms with Crippen LogP contribution >= 0.6 is 11.3 Å². The van der Waals surface area contributed by atoms with Gasteiger partial charge in [-0.3, -0.25) is 4.79 Å². The molecule has 0 spiro atoms. The van der Waals surface area contributed by atoms with Gasteiger partial charge in [0.1, 0.15) is 5.01 Å². The molecule has 2 unspecified atom stereocenters. The quantitative estimate of drug-likeness (QED) is 0.810. The van der Waals surface area contributed by atoms with E-state index in [2.05, 4.69) is 17.2 Å². The molecule has 2 atom stereocenters. The van der Waals surface area contributed by atoms with Gasteiger partial charge >= 0.3 is 12.0 Å². The highest BCUT2D eigenvalue weighted by molar-refractivity contribution is 7.11. The molecule has 21 heavy (non-hydrogen) atoms. The average Bonchev–Trinajstić information content (AvgIpc) is 2.87. The smallest absolute Gasteiger partial charge is 0.318 e. The average molecular weight is 313 g/mol. The van der Waals surface area contributed by atoms with Crippen molar-refractivity contribution in [2.75, 3.05) is 6.54 Å². The maximum Gasteiger partial charge on any atom is 0.318 e. The van der Waals surface area contributed by atoms with E-state index in [1.807, 2.05) is 20.0 Å². The minimum Gasteiger partial charge on any atom is -0.481 e. The molecular formula is C14H23N3O3S. The van der Waals surface area contributed by atoms with Gasteiger partial charge in [0.25, 0.3) is 0 Å².